The van der Waals surface area contributed by atoms with Gasteiger partial charge in [-0.05, 0) is 28.8 Å². The van der Waals surface area contributed by atoms with Crippen molar-refractivity contribution in [3.63, 3.8) is 0 Å². The first-order valence-electron chi connectivity index (χ1n) is 15.7. The monoisotopic (exact) mass is 688 g/mol. The van der Waals surface area contributed by atoms with Crippen LogP contribution in [0.25, 0.3) is 22.0 Å². The minimum absolute atomic E-state index is 0.119. The van der Waals surface area contributed by atoms with Crippen molar-refractivity contribution in [1.82, 2.24) is 19.9 Å². The highest BCUT2D eigenvalue weighted by atomic mass is 35.5. The lowest BCUT2D eigenvalue weighted by Gasteiger charge is -2.39. The molecule has 1 atom stereocenters. The number of benzene rings is 5. The van der Waals surface area contributed by atoms with Gasteiger partial charge < -0.3 is 15.0 Å². The Hall–Kier alpha value is -5.77. The Balaban J connectivity index is 1.24. The van der Waals surface area contributed by atoms with Crippen LogP contribution in [0.4, 0.5) is 13.2 Å². The van der Waals surface area contributed by atoms with Crippen molar-refractivity contribution in [2.24, 2.45) is 0 Å². The third kappa shape index (κ3) is 5.80. The number of fused-ring (bicyclic) bond motifs is 1. The number of aromatic nitrogens is 3. The van der Waals surface area contributed by atoms with E-state index in [4.69, 9.17) is 11.6 Å². The van der Waals surface area contributed by atoms with Crippen molar-refractivity contribution in [2.45, 2.75) is 11.6 Å². The van der Waals surface area contributed by atoms with Crippen LogP contribution >= 0.6 is 11.6 Å². The maximum atomic E-state index is 14.8. The summed E-state index contributed by atoms with van der Waals surface area (Å²) in [6.45, 7) is -0.218. The van der Waals surface area contributed by atoms with Gasteiger partial charge in [-0.1, -0.05) is 109 Å². The standard InChI is InChI=1S/C40H28ClF3N4O2/c41-32-23-46-37(36-33(43)21-29(42)22-34(36)44)31-20-25(16-17-30(31)32)39(50)47-24-35(49)38-45-18-19-48(38)40(26-10-4-1-5-11-26,27-12-6-2-7-13-27)28-14-8-3-9-15-28/h1-23,35,49H,24H2,(H,47,50). The number of imidazole rings is 1. The maximum Gasteiger partial charge on any atom is 0.251 e. The lowest BCUT2D eigenvalue weighted by molar-refractivity contribution is 0.0907. The molecule has 0 bridgehead atoms. The average molecular weight is 689 g/mol. The number of nitrogens with one attached hydrogen (secondary N) is 1. The van der Waals surface area contributed by atoms with Crippen molar-refractivity contribution in [2.75, 3.05) is 6.54 Å². The molecule has 2 heterocycles. The molecule has 0 saturated carbocycles. The molecule has 0 aliphatic carbocycles. The van der Waals surface area contributed by atoms with Crippen LogP contribution in [-0.2, 0) is 5.54 Å². The van der Waals surface area contributed by atoms with E-state index in [0.29, 0.717) is 23.3 Å². The molecule has 0 aliphatic rings. The smallest absolute Gasteiger partial charge is 0.251 e. The van der Waals surface area contributed by atoms with E-state index in [2.05, 4.69) is 15.3 Å². The molecular formula is C40H28ClF3N4O2. The predicted molar refractivity (Wildman–Crippen MR) is 186 cm³/mol. The first kappa shape index (κ1) is 32.8. The van der Waals surface area contributed by atoms with Crippen LogP contribution in [0.5, 0.6) is 0 Å². The highest BCUT2D eigenvalue weighted by Gasteiger charge is 2.40. The number of carbonyl (C=O) groups is 1. The summed E-state index contributed by atoms with van der Waals surface area (Å²) < 4.78 is 45.2. The van der Waals surface area contributed by atoms with Crippen LogP contribution in [0, 0.1) is 17.5 Å². The van der Waals surface area contributed by atoms with Crippen molar-refractivity contribution in [1.29, 1.82) is 0 Å². The third-order valence-electron chi connectivity index (χ3n) is 8.70. The number of carbonyl (C=O) groups excluding carboxylic acids is 1. The summed E-state index contributed by atoms with van der Waals surface area (Å²) in [4.78, 5) is 22.2. The Morgan fingerprint density at radius 3 is 1.90 bits per heavy atom. The molecule has 0 spiro atoms. The van der Waals surface area contributed by atoms with Gasteiger partial charge >= 0.3 is 0 Å². The largest absolute Gasteiger partial charge is 0.383 e. The summed E-state index contributed by atoms with van der Waals surface area (Å²) in [5.74, 6) is -3.64. The van der Waals surface area contributed by atoms with Crippen LogP contribution in [0.15, 0.2) is 140 Å². The van der Waals surface area contributed by atoms with Crippen LogP contribution in [0.3, 0.4) is 0 Å². The number of aliphatic hydroxyl groups is 1. The molecular weight excluding hydrogens is 661 g/mol. The molecule has 0 fully saturated rings. The van der Waals surface area contributed by atoms with Crippen LogP contribution in [0.2, 0.25) is 5.02 Å². The fourth-order valence-electron chi connectivity index (χ4n) is 6.50. The summed E-state index contributed by atoms with van der Waals surface area (Å²) in [6.07, 6.45) is 3.40. The molecule has 10 heteroatoms. The van der Waals surface area contributed by atoms with E-state index in [9.17, 15) is 23.1 Å². The normalized spacial score (nSPS) is 12.2. The molecule has 7 aromatic rings. The average Bonchev–Trinajstić information content (AvgIpc) is 3.63. The van der Waals surface area contributed by atoms with Crippen molar-refractivity contribution in [3.8, 4) is 11.3 Å². The van der Waals surface area contributed by atoms with Gasteiger partial charge in [0.25, 0.3) is 5.91 Å². The minimum Gasteiger partial charge on any atom is -0.383 e. The first-order valence-corrected chi connectivity index (χ1v) is 16.1. The fourth-order valence-corrected chi connectivity index (χ4v) is 6.71. The molecule has 5 aromatic carbocycles. The lowest BCUT2D eigenvalue weighted by atomic mass is 9.76. The molecule has 2 N–H and O–H groups in total. The summed E-state index contributed by atoms with van der Waals surface area (Å²) >= 11 is 6.34. The zero-order chi connectivity index (χ0) is 34.8. The number of pyridine rings is 1. The predicted octanol–water partition coefficient (Wildman–Crippen LogP) is 8.47. The number of hydrogen-bond acceptors (Lipinski definition) is 4. The van der Waals surface area contributed by atoms with Crippen LogP contribution in [-0.4, -0.2) is 32.1 Å². The summed E-state index contributed by atoms with van der Waals surface area (Å²) in [6, 6.07) is 35.3. The molecule has 0 radical (unpaired) electrons. The number of rotatable bonds is 9. The Morgan fingerprint density at radius 2 is 1.34 bits per heavy atom. The highest BCUT2D eigenvalue weighted by Crippen LogP contribution is 2.42. The number of aliphatic hydroxyl groups excluding tert-OH is 1. The van der Waals surface area contributed by atoms with Gasteiger partial charge in [-0.3, -0.25) is 9.78 Å². The Labute approximate surface area is 290 Å². The molecule has 0 aliphatic heterocycles. The first-order chi connectivity index (χ1) is 24.3. The minimum atomic E-state index is -1.25. The number of nitrogens with zero attached hydrogens (tertiary/aromatic N) is 3. The maximum absolute atomic E-state index is 14.8. The van der Waals surface area contributed by atoms with Gasteiger partial charge in [-0.2, -0.15) is 0 Å². The summed E-state index contributed by atoms with van der Waals surface area (Å²) in [5, 5.41) is 15.2. The van der Waals surface area contributed by atoms with Crippen LogP contribution < -0.4 is 5.32 Å². The van der Waals surface area contributed by atoms with Crippen molar-refractivity contribution < 1.29 is 23.1 Å². The quantitative estimate of drug-likeness (QED) is 0.149. The van der Waals surface area contributed by atoms with E-state index >= 15 is 0 Å². The van der Waals surface area contributed by atoms with Gasteiger partial charge in [-0.15, -0.1) is 0 Å². The molecule has 7 rings (SSSR count). The topological polar surface area (TPSA) is 80.0 Å². The van der Waals surface area contributed by atoms with E-state index in [0.717, 1.165) is 16.7 Å². The van der Waals surface area contributed by atoms with Crippen molar-refractivity contribution >= 4 is 28.3 Å². The highest BCUT2D eigenvalue weighted by molar-refractivity contribution is 6.35. The molecule has 1 amide bonds. The molecule has 2 aromatic heterocycles. The third-order valence-corrected chi connectivity index (χ3v) is 9.01. The Bertz CT molecular complexity index is 2200. The number of halogens is 4. The Kier molecular flexibility index (Phi) is 8.93. The zero-order valence-corrected chi connectivity index (χ0v) is 27.0. The van der Waals surface area contributed by atoms with E-state index in [-0.39, 0.29) is 28.2 Å². The fraction of sp³-hybridized carbons (Fsp3) is 0.0750. The van der Waals surface area contributed by atoms with Gasteiger partial charge in [0.1, 0.15) is 34.9 Å². The number of amides is 1. The zero-order valence-electron chi connectivity index (χ0n) is 26.3. The SMILES string of the molecule is O=C(NCC(O)c1nccn1C(c1ccccc1)(c1ccccc1)c1ccccc1)c1ccc2c(Cl)cnc(-c3c(F)cc(F)cc3F)c2c1. The van der Waals surface area contributed by atoms with Gasteiger partial charge in [0.05, 0.1) is 22.8 Å². The molecule has 1 unspecified atom stereocenters. The van der Waals surface area contributed by atoms with Gasteiger partial charge in [0, 0.05) is 47.1 Å². The second-order valence-corrected chi connectivity index (χ2v) is 12.1. The molecule has 248 valence electrons. The second kappa shape index (κ2) is 13.6. The van der Waals surface area contributed by atoms with E-state index in [1.54, 1.807) is 6.20 Å². The number of hydrogen-bond donors (Lipinski definition) is 2. The van der Waals surface area contributed by atoms with E-state index < -0.39 is 40.6 Å². The van der Waals surface area contributed by atoms with Gasteiger partial charge in [-0.25, -0.2) is 18.2 Å². The Morgan fingerprint density at radius 1 is 0.780 bits per heavy atom. The van der Waals surface area contributed by atoms with E-state index in [1.807, 2.05) is 102 Å². The van der Waals surface area contributed by atoms with Gasteiger partial charge in [0.2, 0.25) is 0 Å². The molecule has 0 saturated heterocycles. The second-order valence-electron chi connectivity index (χ2n) is 11.6. The van der Waals surface area contributed by atoms with Gasteiger partial charge in [0.15, 0.2) is 0 Å². The molecule has 6 nitrogen and oxygen atoms in total. The van der Waals surface area contributed by atoms with Crippen molar-refractivity contribution in [3.05, 3.63) is 190 Å². The molecule has 50 heavy (non-hydrogen) atoms. The summed E-state index contributed by atoms with van der Waals surface area (Å²) in [5.41, 5.74) is 1.28. The van der Waals surface area contributed by atoms with E-state index in [1.165, 1.54) is 24.4 Å². The summed E-state index contributed by atoms with van der Waals surface area (Å²) in [7, 11) is 0. The van der Waals surface area contributed by atoms with Crippen LogP contribution in [0.1, 0.15) is 39.0 Å². The lowest BCUT2D eigenvalue weighted by Crippen LogP contribution is -2.40.